The van der Waals surface area contributed by atoms with Crippen LogP contribution in [0.4, 0.5) is 5.69 Å². The summed E-state index contributed by atoms with van der Waals surface area (Å²) in [6.07, 6.45) is 3.23. The van der Waals surface area contributed by atoms with E-state index in [9.17, 15) is 14.4 Å². The molecule has 3 aliphatic rings. The molecule has 4 heterocycles. The molecule has 2 aromatic rings. The Morgan fingerprint density at radius 2 is 2.00 bits per heavy atom. The highest BCUT2D eigenvalue weighted by Crippen LogP contribution is 2.52. The minimum atomic E-state index is -0.978. The maximum Gasteiger partial charge on any atom is 0.261 e. The number of rotatable bonds is 4. The fraction of sp³-hybridized carbons (Fsp3) is 0.286. The molecule has 5 rings (SSSR count). The van der Waals surface area contributed by atoms with Gasteiger partial charge in [0.2, 0.25) is 11.8 Å². The lowest BCUT2D eigenvalue weighted by Crippen LogP contribution is -2.48. The standard InChI is InChI=1S/C21H18N2O4S/c1-12-4-6-13(7-5-12)23-19(25)16-14-8-9-21(27-14,17(16)20(23)26)11-22-18(24)15-3-2-10-28-15/h2-10,14,16-17H,11H2,1H3,(H,22,24)/t14-,16+,17-,21+/m0/s1. The predicted molar refractivity (Wildman–Crippen MR) is 104 cm³/mol. The smallest absolute Gasteiger partial charge is 0.261 e. The fourth-order valence-electron chi connectivity index (χ4n) is 4.37. The van der Waals surface area contributed by atoms with E-state index in [1.807, 2.05) is 42.7 Å². The SMILES string of the molecule is Cc1ccc(N2C(=O)[C@@H]3[C@@H]4C=C[C@](CNC(=O)c5cccs5)(O4)[C@@H]3C2=O)cc1. The Morgan fingerprint density at radius 3 is 2.71 bits per heavy atom. The number of fused-ring (bicyclic) bond motifs is 5. The molecule has 1 aromatic heterocycles. The largest absolute Gasteiger partial charge is 0.360 e. The number of carbonyl (C=O) groups excluding carboxylic acids is 3. The van der Waals surface area contributed by atoms with Gasteiger partial charge >= 0.3 is 0 Å². The van der Waals surface area contributed by atoms with Gasteiger partial charge in [0.05, 0.1) is 35.0 Å². The number of thiophene rings is 1. The number of nitrogens with one attached hydrogen (secondary N) is 1. The molecule has 0 unspecified atom stereocenters. The Balaban J connectivity index is 1.42. The molecule has 3 amide bonds. The van der Waals surface area contributed by atoms with E-state index in [0.717, 1.165) is 5.56 Å². The Morgan fingerprint density at radius 1 is 1.21 bits per heavy atom. The van der Waals surface area contributed by atoms with Crippen LogP contribution in [0.2, 0.25) is 0 Å². The van der Waals surface area contributed by atoms with Crippen LogP contribution in [-0.4, -0.2) is 36.0 Å². The number of hydrogen-bond donors (Lipinski definition) is 1. The van der Waals surface area contributed by atoms with Crippen LogP contribution in [0.1, 0.15) is 15.2 Å². The zero-order chi connectivity index (χ0) is 19.5. The monoisotopic (exact) mass is 394 g/mol. The van der Waals surface area contributed by atoms with Gasteiger partial charge in [-0.05, 0) is 30.5 Å². The van der Waals surface area contributed by atoms with Gasteiger partial charge in [0.15, 0.2) is 0 Å². The van der Waals surface area contributed by atoms with E-state index in [2.05, 4.69) is 5.32 Å². The van der Waals surface area contributed by atoms with Crippen LogP contribution in [0.15, 0.2) is 53.9 Å². The number of aryl methyl sites for hydroxylation is 1. The van der Waals surface area contributed by atoms with Crippen molar-refractivity contribution in [2.24, 2.45) is 11.8 Å². The highest BCUT2D eigenvalue weighted by atomic mass is 32.1. The zero-order valence-corrected chi connectivity index (χ0v) is 15.9. The third kappa shape index (κ3) is 2.40. The first-order chi connectivity index (χ1) is 13.5. The highest BCUT2D eigenvalue weighted by Gasteiger charge is 2.67. The average Bonchev–Trinajstić information content (AvgIpc) is 3.45. The summed E-state index contributed by atoms with van der Waals surface area (Å²) in [5.41, 5.74) is 0.655. The van der Waals surface area contributed by atoms with Crippen LogP contribution in [0.25, 0.3) is 0 Å². The molecule has 142 valence electrons. The molecular weight excluding hydrogens is 376 g/mol. The topological polar surface area (TPSA) is 75.7 Å². The van der Waals surface area contributed by atoms with Crippen molar-refractivity contribution in [1.82, 2.24) is 5.32 Å². The summed E-state index contributed by atoms with van der Waals surface area (Å²) < 4.78 is 6.05. The van der Waals surface area contributed by atoms with Gasteiger partial charge in [0, 0.05) is 0 Å². The molecular formula is C21H18N2O4S. The summed E-state index contributed by atoms with van der Waals surface area (Å²) in [6, 6.07) is 10.9. The molecule has 0 radical (unpaired) electrons. The Kier molecular flexibility index (Phi) is 3.79. The van der Waals surface area contributed by atoms with Crippen LogP contribution < -0.4 is 10.2 Å². The van der Waals surface area contributed by atoms with Crippen molar-refractivity contribution in [3.05, 3.63) is 64.4 Å². The lowest BCUT2D eigenvalue weighted by atomic mass is 9.77. The molecule has 1 aromatic carbocycles. The van der Waals surface area contributed by atoms with Gasteiger partial charge in [0.25, 0.3) is 5.91 Å². The number of imide groups is 1. The number of carbonyl (C=O) groups is 3. The lowest BCUT2D eigenvalue weighted by Gasteiger charge is -2.29. The first-order valence-corrected chi connectivity index (χ1v) is 10.0. The van der Waals surface area contributed by atoms with Gasteiger partial charge in [-0.1, -0.05) is 35.9 Å². The van der Waals surface area contributed by atoms with Crippen molar-refractivity contribution in [3.63, 3.8) is 0 Å². The quantitative estimate of drug-likeness (QED) is 0.638. The molecule has 1 N–H and O–H groups in total. The predicted octanol–water partition coefficient (Wildman–Crippen LogP) is 2.30. The summed E-state index contributed by atoms with van der Waals surface area (Å²) in [4.78, 5) is 40.5. The third-order valence-electron chi connectivity index (χ3n) is 5.72. The minimum Gasteiger partial charge on any atom is -0.360 e. The van der Waals surface area contributed by atoms with Crippen LogP contribution in [0, 0.1) is 18.8 Å². The molecule has 6 nitrogen and oxygen atoms in total. The molecule has 0 spiro atoms. The first kappa shape index (κ1) is 17.3. The number of amides is 3. The van der Waals surface area contributed by atoms with Crippen molar-refractivity contribution in [3.8, 4) is 0 Å². The van der Waals surface area contributed by atoms with E-state index in [1.54, 1.807) is 18.2 Å². The van der Waals surface area contributed by atoms with Crippen molar-refractivity contribution in [2.75, 3.05) is 11.4 Å². The normalized spacial score (nSPS) is 30.2. The van der Waals surface area contributed by atoms with Crippen molar-refractivity contribution < 1.29 is 19.1 Å². The number of anilines is 1. The minimum absolute atomic E-state index is 0.151. The van der Waals surface area contributed by atoms with Gasteiger partial charge < -0.3 is 10.1 Å². The lowest BCUT2D eigenvalue weighted by molar-refractivity contribution is -0.126. The Bertz CT molecular complexity index is 998. The molecule has 0 saturated carbocycles. The maximum atomic E-state index is 13.2. The summed E-state index contributed by atoms with van der Waals surface area (Å²) in [5, 5.41) is 4.70. The van der Waals surface area contributed by atoms with Gasteiger partial charge in [-0.3, -0.25) is 14.4 Å². The van der Waals surface area contributed by atoms with Gasteiger partial charge in [-0.25, -0.2) is 4.90 Å². The average molecular weight is 394 g/mol. The third-order valence-corrected chi connectivity index (χ3v) is 6.59. The fourth-order valence-corrected chi connectivity index (χ4v) is 5.01. The van der Waals surface area contributed by atoms with Crippen LogP contribution in [0.5, 0.6) is 0 Å². The summed E-state index contributed by atoms with van der Waals surface area (Å²) in [6.45, 7) is 2.11. The molecule has 0 aliphatic carbocycles. The molecule has 2 fully saturated rings. The van der Waals surface area contributed by atoms with E-state index in [-0.39, 0.29) is 24.3 Å². The number of ether oxygens (including phenoxy) is 1. The highest BCUT2D eigenvalue weighted by molar-refractivity contribution is 7.12. The molecule has 4 atom stereocenters. The van der Waals surface area contributed by atoms with Crippen molar-refractivity contribution >= 4 is 34.7 Å². The summed E-state index contributed by atoms with van der Waals surface area (Å²) in [7, 11) is 0. The number of hydrogen-bond acceptors (Lipinski definition) is 5. The molecule has 2 bridgehead atoms. The molecule has 28 heavy (non-hydrogen) atoms. The Hall–Kier alpha value is -2.77. The molecule has 3 aliphatic heterocycles. The van der Waals surface area contributed by atoms with Gasteiger partial charge in [-0.15, -0.1) is 11.3 Å². The van der Waals surface area contributed by atoms with E-state index in [4.69, 9.17) is 4.74 Å². The number of nitrogens with zero attached hydrogens (tertiary/aromatic N) is 1. The van der Waals surface area contributed by atoms with Gasteiger partial charge in [-0.2, -0.15) is 0 Å². The second kappa shape index (κ2) is 6.12. The first-order valence-electron chi connectivity index (χ1n) is 9.13. The summed E-state index contributed by atoms with van der Waals surface area (Å²) >= 11 is 1.35. The second-order valence-electron chi connectivity index (χ2n) is 7.41. The zero-order valence-electron chi connectivity index (χ0n) is 15.1. The van der Waals surface area contributed by atoms with Crippen LogP contribution in [-0.2, 0) is 14.3 Å². The maximum absolute atomic E-state index is 13.2. The van der Waals surface area contributed by atoms with E-state index < -0.39 is 23.5 Å². The molecule has 7 heteroatoms. The van der Waals surface area contributed by atoms with Crippen LogP contribution >= 0.6 is 11.3 Å². The van der Waals surface area contributed by atoms with Crippen molar-refractivity contribution in [2.45, 2.75) is 18.6 Å². The summed E-state index contributed by atoms with van der Waals surface area (Å²) in [5.74, 6) is -1.88. The van der Waals surface area contributed by atoms with Crippen LogP contribution in [0.3, 0.4) is 0 Å². The van der Waals surface area contributed by atoms with E-state index in [0.29, 0.717) is 10.6 Å². The number of benzene rings is 1. The second-order valence-corrected chi connectivity index (χ2v) is 8.36. The Labute approximate surface area is 165 Å². The van der Waals surface area contributed by atoms with E-state index in [1.165, 1.54) is 16.2 Å². The van der Waals surface area contributed by atoms with Crippen molar-refractivity contribution in [1.29, 1.82) is 0 Å². The molecule has 2 saturated heterocycles. The van der Waals surface area contributed by atoms with Gasteiger partial charge in [0.1, 0.15) is 5.60 Å². The van der Waals surface area contributed by atoms with E-state index >= 15 is 0 Å².